The zero-order valence-corrected chi connectivity index (χ0v) is 8.36. The molecule has 0 aromatic rings. The molecule has 0 aromatic carbocycles. The first kappa shape index (κ1) is 11.7. The molecule has 1 N–H and O–H groups in total. The van der Waals surface area contributed by atoms with Gasteiger partial charge in [-0.05, 0) is 6.42 Å². The molecule has 0 saturated heterocycles. The van der Waals surface area contributed by atoms with Crippen LogP contribution in [0.15, 0.2) is 0 Å². The van der Waals surface area contributed by atoms with Crippen LogP contribution in [0.25, 0.3) is 0 Å². The number of alkyl halides is 1. The molecule has 12 heavy (non-hydrogen) atoms. The summed E-state index contributed by atoms with van der Waals surface area (Å²) in [4.78, 5) is 10.9. The van der Waals surface area contributed by atoms with Crippen LogP contribution in [0, 0.1) is 0 Å². The van der Waals surface area contributed by atoms with E-state index in [2.05, 4.69) is 5.32 Å². The van der Waals surface area contributed by atoms with E-state index in [1.165, 1.54) is 0 Å². The predicted octanol–water partition coefficient (Wildman–Crippen LogP) is 1.16. The monoisotopic (exact) mass is 193 g/mol. The number of halogens is 1. The minimum atomic E-state index is -0.129. The van der Waals surface area contributed by atoms with Crippen molar-refractivity contribution >= 4 is 17.5 Å². The molecular weight excluding hydrogens is 178 g/mol. The second kappa shape index (κ2) is 7.37. The van der Waals surface area contributed by atoms with E-state index in [-0.39, 0.29) is 11.3 Å². The van der Waals surface area contributed by atoms with Crippen LogP contribution in [0.2, 0.25) is 0 Å². The summed E-state index contributed by atoms with van der Waals surface area (Å²) in [5, 5.41) is 2.59. The van der Waals surface area contributed by atoms with E-state index in [1.54, 1.807) is 7.11 Å². The molecule has 4 heteroatoms. The van der Waals surface area contributed by atoms with Crippen LogP contribution in [-0.2, 0) is 9.53 Å². The number of nitrogens with one attached hydrogen (secondary N) is 1. The third-order valence-electron chi connectivity index (χ3n) is 1.35. The van der Waals surface area contributed by atoms with E-state index >= 15 is 0 Å². The zero-order chi connectivity index (χ0) is 9.40. The number of carbonyl (C=O) groups is 1. The number of ether oxygens (including phenoxy) is 1. The summed E-state index contributed by atoms with van der Waals surface area (Å²) in [6.07, 6.45) is 1.43. The first-order valence-electron chi connectivity index (χ1n) is 4.10. The number of amides is 1. The van der Waals surface area contributed by atoms with E-state index in [4.69, 9.17) is 16.3 Å². The van der Waals surface area contributed by atoms with Crippen LogP contribution in [0.5, 0.6) is 0 Å². The lowest BCUT2D eigenvalue weighted by molar-refractivity contribution is -0.121. The lowest BCUT2D eigenvalue weighted by Crippen LogP contribution is -2.31. The van der Waals surface area contributed by atoms with E-state index in [9.17, 15) is 4.79 Å². The predicted molar refractivity (Wildman–Crippen MR) is 49.4 cm³/mol. The number of hydrogen-bond donors (Lipinski definition) is 1. The molecule has 0 rings (SSSR count). The summed E-state index contributed by atoms with van der Waals surface area (Å²) in [6.45, 7) is 2.91. The summed E-state index contributed by atoms with van der Waals surface area (Å²) < 4.78 is 4.81. The Labute approximate surface area is 78.4 Å². The maximum absolute atomic E-state index is 10.9. The largest absolute Gasteiger partial charge is 0.383 e. The molecule has 0 heterocycles. The van der Waals surface area contributed by atoms with Gasteiger partial charge in [-0.15, -0.1) is 11.6 Å². The van der Waals surface area contributed by atoms with E-state index in [0.29, 0.717) is 19.6 Å². The molecule has 1 amide bonds. The zero-order valence-electron chi connectivity index (χ0n) is 7.60. The van der Waals surface area contributed by atoms with Crippen molar-refractivity contribution in [1.82, 2.24) is 5.32 Å². The molecule has 1 unspecified atom stereocenters. The molecule has 0 bridgehead atoms. The Kier molecular flexibility index (Phi) is 7.20. The molecule has 0 aliphatic rings. The van der Waals surface area contributed by atoms with Crippen molar-refractivity contribution in [3.05, 3.63) is 0 Å². The molecule has 1 atom stereocenters. The third-order valence-corrected chi connectivity index (χ3v) is 1.63. The molecule has 0 aromatic heterocycles. The third kappa shape index (κ3) is 6.43. The van der Waals surface area contributed by atoms with Gasteiger partial charge in [-0.1, -0.05) is 6.92 Å². The van der Waals surface area contributed by atoms with Crippen molar-refractivity contribution < 1.29 is 9.53 Å². The van der Waals surface area contributed by atoms with Gasteiger partial charge in [0.1, 0.15) is 0 Å². The fraction of sp³-hybridized carbons (Fsp3) is 0.875. The van der Waals surface area contributed by atoms with Gasteiger partial charge in [-0.3, -0.25) is 4.79 Å². The highest BCUT2D eigenvalue weighted by Gasteiger charge is 2.05. The Morgan fingerprint density at radius 2 is 2.33 bits per heavy atom. The van der Waals surface area contributed by atoms with Gasteiger partial charge in [-0.25, -0.2) is 0 Å². The lowest BCUT2D eigenvalue weighted by atomic mass is 10.3. The van der Waals surface area contributed by atoms with Crippen LogP contribution >= 0.6 is 11.6 Å². The summed E-state index contributed by atoms with van der Waals surface area (Å²) in [6, 6.07) is 0. The maximum Gasteiger partial charge on any atom is 0.220 e. The maximum atomic E-state index is 10.9. The highest BCUT2D eigenvalue weighted by atomic mass is 35.5. The SMILES string of the molecule is CCCC(=O)NCC(Cl)COC. The topological polar surface area (TPSA) is 38.3 Å². The Morgan fingerprint density at radius 1 is 1.67 bits per heavy atom. The number of rotatable bonds is 6. The molecule has 0 fully saturated rings. The fourth-order valence-electron chi connectivity index (χ4n) is 0.780. The van der Waals surface area contributed by atoms with E-state index in [0.717, 1.165) is 6.42 Å². The van der Waals surface area contributed by atoms with Gasteiger partial charge in [0.2, 0.25) is 5.91 Å². The van der Waals surface area contributed by atoms with Crippen molar-refractivity contribution in [3.63, 3.8) is 0 Å². The lowest BCUT2D eigenvalue weighted by Gasteiger charge is -2.08. The number of carbonyl (C=O) groups excluding carboxylic acids is 1. The van der Waals surface area contributed by atoms with Crippen LogP contribution in [0.1, 0.15) is 19.8 Å². The van der Waals surface area contributed by atoms with E-state index in [1.807, 2.05) is 6.92 Å². The molecule has 72 valence electrons. The second-order valence-electron chi connectivity index (χ2n) is 2.61. The molecule has 0 saturated carbocycles. The van der Waals surface area contributed by atoms with Crippen LogP contribution in [0.3, 0.4) is 0 Å². The Morgan fingerprint density at radius 3 is 2.83 bits per heavy atom. The summed E-state index contributed by atoms with van der Waals surface area (Å²) in [5.74, 6) is 0.0549. The van der Waals surface area contributed by atoms with Crippen molar-refractivity contribution in [2.75, 3.05) is 20.3 Å². The molecule has 0 spiro atoms. The first-order chi connectivity index (χ1) is 5.70. The molecule has 0 radical (unpaired) electrons. The van der Waals surface area contributed by atoms with Crippen molar-refractivity contribution in [2.45, 2.75) is 25.1 Å². The Hall–Kier alpha value is -0.280. The Balaban J connectivity index is 3.33. The quantitative estimate of drug-likeness (QED) is 0.643. The molecule has 3 nitrogen and oxygen atoms in total. The van der Waals surface area contributed by atoms with Crippen LogP contribution in [-0.4, -0.2) is 31.5 Å². The van der Waals surface area contributed by atoms with Gasteiger partial charge >= 0.3 is 0 Å². The summed E-state index contributed by atoms with van der Waals surface area (Å²) in [7, 11) is 1.59. The second-order valence-corrected chi connectivity index (χ2v) is 3.22. The average Bonchev–Trinajstić information content (AvgIpc) is 2.02. The molecular formula is C8H16ClNO2. The standard InChI is InChI=1S/C8H16ClNO2/c1-3-4-8(11)10-5-7(9)6-12-2/h7H,3-6H2,1-2H3,(H,10,11). The van der Waals surface area contributed by atoms with Crippen molar-refractivity contribution in [3.8, 4) is 0 Å². The average molecular weight is 194 g/mol. The first-order valence-corrected chi connectivity index (χ1v) is 4.54. The van der Waals surface area contributed by atoms with Gasteiger partial charge in [0.15, 0.2) is 0 Å². The summed E-state index contributed by atoms with van der Waals surface area (Å²) in [5.41, 5.74) is 0. The van der Waals surface area contributed by atoms with Gasteiger partial charge in [-0.2, -0.15) is 0 Å². The fourth-order valence-corrected chi connectivity index (χ4v) is 0.983. The van der Waals surface area contributed by atoms with Gasteiger partial charge < -0.3 is 10.1 Å². The molecule has 0 aliphatic carbocycles. The highest BCUT2D eigenvalue weighted by Crippen LogP contribution is 1.94. The van der Waals surface area contributed by atoms with Crippen LogP contribution in [0.4, 0.5) is 0 Å². The Bertz CT molecular complexity index is 130. The number of methoxy groups -OCH3 is 1. The smallest absolute Gasteiger partial charge is 0.220 e. The summed E-state index contributed by atoms with van der Waals surface area (Å²) >= 11 is 5.79. The minimum Gasteiger partial charge on any atom is -0.383 e. The van der Waals surface area contributed by atoms with Crippen molar-refractivity contribution in [2.24, 2.45) is 0 Å². The highest BCUT2D eigenvalue weighted by molar-refractivity contribution is 6.21. The van der Waals surface area contributed by atoms with Crippen molar-refractivity contribution in [1.29, 1.82) is 0 Å². The van der Waals surface area contributed by atoms with Gasteiger partial charge in [0.05, 0.1) is 12.0 Å². The molecule has 0 aliphatic heterocycles. The number of hydrogen-bond acceptors (Lipinski definition) is 2. The van der Waals surface area contributed by atoms with Gasteiger partial charge in [0, 0.05) is 20.1 Å². The van der Waals surface area contributed by atoms with Gasteiger partial charge in [0.25, 0.3) is 0 Å². The normalized spacial score (nSPS) is 12.6. The van der Waals surface area contributed by atoms with E-state index < -0.39 is 0 Å². The minimum absolute atomic E-state index is 0.0549. The van der Waals surface area contributed by atoms with Crippen LogP contribution < -0.4 is 5.32 Å².